The van der Waals surface area contributed by atoms with Crippen molar-refractivity contribution >= 4 is 34.4 Å². The van der Waals surface area contributed by atoms with Crippen LogP contribution in [0.25, 0.3) is 11.0 Å². The summed E-state index contributed by atoms with van der Waals surface area (Å²) in [7, 11) is 0. The Kier molecular flexibility index (Phi) is 3.46. The van der Waals surface area contributed by atoms with Gasteiger partial charge in [-0.1, -0.05) is 13.3 Å². The summed E-state index contributed by atoms with van der Waals surface area (Å²) in [6, 6.07) is 5.57. The lowest BCUT2D eigenvalue weighted by atomic mass is 10.2. The second-order valence-corrected chi connectivity index (χ2v) is 4.15. The van der Waals surface area contributed by atoms with Crippen LogP contribution in [0.5, 0.6) is 0 Å². The van der Waals surface area contributed by atoms with Gasteiger partial charge in [-0.25, -0.2) is 0 Å². The Morgan fingerprint density at radius 2 is 2.19 bits per heavy atom. The molecule has 1 aromatic heterocycles. The highest BCUT2D eigenvalue weighted by atomic mass is 32.1. The van der Waals surface area contributed by atoms with E-state index < -0.39 is 0 Å². The molecule has 4 nitrogen and oxygen atoms in total. The largest absolute Gasteiger partial charge is 0.326 e. The third-order valence-corrected chi connectivity index (χ3v) is 2.85. The number of unbranched alkanes of at least 4 members (excludes halogenated alkanes) is 1. The third kappa shape index (κ3) is 2.55. The Labute approximate surface area is 98.0 Å². The van der Waals surface area contributed by atoms with E-state index in [1.54, 1.807) is 0 Å². The molecular formula is C11H13N3OS. The van der Waals surface area contributed by atoms with Crippen LogP contribution in [-0.4, -0.2) is 14.7 Å². The summed E-state index contributed by atoms with van der Waals surface area (Å²) in [5.41, 5.74) is 2.50. The lowest BCUT2D eigenvalue weighted by Crippen LogP contribution is -2.10. The first-order valence-electron chi connectivity index (χ1n) is 5.32. The van der Waals surface area contributed by atoms with Gasteiger partial charge in [-0.05, 0) is 24.6 Å². The fourth-order valence-corrected chi connectivity index (χ4v) is 1.94. The highest BCUT2D eigenvalue weighted by Crippen LogP contribution is 2.17. The number of benzene rings is 1. The van der Waals surface area contributed by atoms with Crippen LogP contribution in [0.3, 0.4) is 0 Å². The molecule has 1 N–H and O–H groups in total. The minimum absolute atomic E-state index is 0.0596. The first-order valence-corrected chi connectivity index (χ1v) is 6.05. The molecule has 0 saturated carbocycles. The van der Waals surface area contributed by atoms with Crippen LogP contribution in [-0.2, 0) is 4.79 Å². The van der Waals surface area contributed by atoms with Crippen LogP contribution in [0, 0.1) is 0 Å². The van der Waals surface area contributed by atoms with Crippen LogP contribution in [0.1, 0.15) is 26.2 Å². The zero-order valence-electron chi connectivity index (χ0n) is 9.06. The molecule has 84 valence electrons. The van der Waals surface area contributed by atoms with Crippen molar-refractivity contribution in [2.24, 2.45) is 0 Å². The second-order valence-electron chi connectivity index (χ2n) is 3.62. The molecular weight excluding hydrogens is 222 g/mol. The van der Waals surface area contributed by atoms with E-state index in [2.05, 4.69) is 21.0 Å². The van der Waals surface area contributed by atoms with E-state index in [0.717, 1.165) is 29.6 Å². The van der Waals surface area contributed by atoms with E-state index in [0.29, 0.717) is 6.42 Å². The average Bonchev–Trinajstić information content (AvgIpc) is 2.73. The molecule has 1 aromatic carbocycles. The van der Waals surface area contributed by atoms with Gasteiger partial charge in [0.2, 0.25) is 5.91 Å². The van der Waals surface area contributed by atoms with Crippen molar-refractivity contribution in [2.45, 2.75) is 26.2 Å². The fourth-order valence-electron chi connectivity index (χ4n) is 1.42. The molecule has 1 heterocycles. The van der Waals surface area contributed by atoms with Gasteiger partial charge in [0.1, 0.15) is 11.0 Å². The van der Waals surface area contributed by atoms with Crippen LogP contribution in [0.4, 0.5) is 5.69 Å². The number of rotatable bonds is 4. The first kappa shape index (κ1) is 11.0. The molecule has 5 heteroatoms. The molecule has 0 unspecified atom stereocenters. The lowest BCUT2D eigenvalue weighted by molar-refractivity contribution is -0.116. The number of nitrogens with zero attached hydrogens (tertiary/aromatic N) is 2. The zero-order chi connectivity index (χ0) is 11.4. The lowest BCUT2D eigenvalue weighted by Gasteiger charge is -2.03. The molecule has 0 fully saturated rings. The maximum absolute atomic E-state index is 11.5. The monoisotopic (exact) mass is 235 g/mol. The highest BCUT2D eigenvalue weighted by Gasteiger charge is 2.03. The van der Waals surface area contributed by atoms with Gasteiger partial charge in [-0.2, -0.15) is 8.75 Å². The first-order chi connectivity index (χ1) is 7.79. The molecule has 0 saturated heterocycles. The van der Waals surface area contributed by atoms with Gasteiger partial charge in [0, 0.05) is 12.1 Å². The van der Waals surface area contributed by atoms with Crippen molar-refractivity contribution in [1.82, 2.24) is 8.75 Å². The summed E-state index contributed by atoms with van der Waals surface area (Å²) < 4.78 is 8.23. The fraction of sp³-hybridized carbons (Fsp3) is 0.364. The minimum atomic E-state index is 0.0596. The number of carbonyl (C=O) groups is 1. The van der Waals surface area contributed by atoms with Crippen molar-refractivity contribution in [3.05, 3.63) is 18.2 Å². The summed E-state index contributed by atoms with van der Waals surface area (Å²) in [4.78, 5) is 11.5. The summed E-state index contributed by atoms with van der Waals surface area (Å²) in [6.45, 7) is 2.07. The molecule has 0 aliphatic rings. The van der Waals surface area contributed by atoms with Gasteiger partial charge in [0.25, 0.3) is 0 Å². The Morgan fingerprint density at radius 3 is 3.00 bits per heavy atom. The summed E-state index contributed by atoms with van der Waals surface area (Å²) in [6.07, 6.45) is 2.53. The number of nitrogens with one attached hydrogen (secondary N) is 1. The highest BCUT2D eigenvalue weighted by molar-refractivity contribution is 7.00. The summed E-state index contributed by atoms with van der Waals surface area (Å²) >= 11 is 1.18. The maximum Gasteiger partial charge on any atom is 0.224 e. The molecule has 0 bridgehead atoms. The Morgan fingerprint density at radius 1 is 1.38 bits per heavy atom. The van der Waals surface area contributed by atoms with Crippen molar-refractivity contribution in [1.29, 1.82) is 0 Å². The van der Waals surface area contributed by atoms with Gasteiger partial charge in [0.15, 0.2) is 0 Å². The Balaban J connectivity index is 2.06. The topological polar surface area (TPSA) is 54.9 Å². The molecule has 0 radical (unpaired) electrons. The third-order valence-electron chi connectivity index (χ3n) is 2.29. The molecule has 0 aliphatic heterocycles. The van der Waals surface area contributed by atoms with Crippen molar-refractivity contribution in [3.8, 4) is 0 Å². The van der Waals surface area contributed by atoms with E-state index in [1.807, 2.05) is 18.2 Å². The zero-order valence-corrected chi connectivity index (χ0v) is 9.88. The van der Waals surface area contributed by atoms with Crippen LogP contribution < -0.4 is 5.32 Å². The molecule has 1 amide bonds. The smallest absolute Gasteiger partial charge is 0.224 e. The molecule has 0 aliphatic carbocycles. The summed E-state index contributed by atoms with van der Waals surface area (Å²) in [5.74, 6) is 0.0596. The van der Waals surface area contributed by atoms with Gasteiger partial charge in [-0.3, -0.25) is 4.79 Å². The molecule has 2 aromatic rings. The minimum Gasteiger partial charge on any atom is -0.326 e. The van der Waals surface area contributed by atoms with Gasteiger partial charge < -0.3 is 5.32 Å². The van der Waals surface area contributed by atoms with Crippen molar-refractivity contribution in [3.63, 3.8) is 0 Å². The standard InChI is InChI=1S/C11H13N3OS/c1-2-3-4-11(15)12-8-5-6-9-10(7-8)14-16-13-9/h5-7H,2-4H2,1H3,(H,12,15). The van der Waals surface area contributed by atoms with Crippen molar-refractivity contribution in [2.75, 3.05) is 5.32 Å². The summed E-state index contributed by atoms with van der Waals surface area (Å²) in [5, 5.41) is 2.86. The number of amides is 1. The van der Waals surface area contributed by atoms with E-state index in [9.17, 15) is 4.79 Å². The molecule has 2 rings (SSSR count). The number of anilines is 1. The number of hydrogen-bond donors (Lipinski definition) is 1. The number of fused-ring (bicyclic) bond motifs is 1. The Hall–Kier alpha value is -1.49. The normalized spacial score (nSPS) is 10.6. The van der Waals surface area contributed by atoms with Crippen LogP contribution in [0.15, 0.2) is 18.2 Å². The van der Waals surface area contributed by atoms with Crippen LogP contribution >= 0.6 is 11.7 Å². The number of aromatic nitrogens is 2. The predicted octanol–water partition coefficient (Wildman–Crippen LogP) is 2.82. The average molecular weight is 235 g/mol. The van der Waals surface area contributed by atoms with Gasteiger partial charge in [-0.15, -0.1) is 0 Å². The second kappa shape index (κ2) is 5.03. The quantitative estimate of drug-likeness (QED) is 0.886. The SMILES string of the molecule is CCCCC(=O)Nc1ccc2nsnc2c1. The number of hydrogen-bond acceptors (Lipinski definition) is 4. The van der Waals surface area contributed by atoms with E-state index >= 15 is 0 Å². The number of carbonyl (C=O) groups excluding carboxylic acids is 1. The maximum atomic E-state index is 11.5. The van der Waals surface area contributed by atoms with E-state index in [-0.39, 0.29) is 5.91 Å². The van der Waals surface area contributed by atoms with E-state index in [4.69, 9.17) is 0 Å². The van der Waals surface area contributed by atoms with Crippen molar-refractivity contribution < 1.29 is 4.79 Å². The predicted molar refractivity (Wildman–Crippen MR) is 65.6 cm³/mol. The van der Waals surface area contributed by atoms with Gasteiger partial charge in [0.05, 0.1) is 11.7 Å². The Bertz CT molecular complexity index is 495. The molecule has 0 spiro atoms. The molecule has 16 heavy (non-hydrogen) atoms. The van der Waals surface area contributed by atoms with Crippen LogP contribution in [0.2, 0.25) is 0 Å². The van der Waals surface area contributed by atoms with Gasteiger partial charge >= 0.3 is 0 Å². The van der Waals surface area contributed by atoms with E-state index in [1.165, 1.54) is 11.7 Å². The molecule has 0 atom stereocenters.